The second-order valence-electron chi connectivity index (χ2n) is 5.26. The van der Waals surface area contributed by atoms with E-state index in [0.29, 0.717) is 29.1 Å². The number of nitrogens with one attached hydrogen (secondary N) is 1. The molecule has 1 fully saturated rings. The smallest absolute Gasteiger partial charge is 0.270 e. The van der Waals surface area contributed by atoms with E-state index in [0.717, 1.165) is 6.42 Å². The molecule has 0 heterocycles. The average Bonchev–Trinajstić information content (AvgIpc) is 2.71. The quantitative estimate of drug-likeness (QED) is 0.667. The van der Waals surface area contributed by atoms with Crippen LogP contribution in [0.25, 0.3) is 0 Å². The van der Waals surface area contributed by atoms with Gasteiger partial charge in [-0.2, -0.15) is 5.26 Å². The van der Waals surface area contributed by atoms with Crippen LogP contribution in [0.1, 0.15) is 32.3 Å². The summed E-state index contributed by atoms with van der Waals surface area (Å²) in [5, 5.41) is 23.2. The monoisotopic (exact) mass is 259 g/mol. The standard InChI is InChI=1S/C14H17N3O2/c1-9-3-5-13(10(9)2)16-14-6-4-12(17(18)19)7-11(14)8-15/h4,6-7,9-10,13,16H,3,5H2,1-2H3. The molecule has 0 radical (unpaired) electrons. The number of nitro benzene ring substituents is 1. The van der Waals surface area contributed by atoms with Gasteiger partial charge >= 0.3 is 0 Å². The van der Waals surface area contributed by atoms with E-state index in [4.69, 9.17) is 5.26 Å². The highest BCUT2D eigenvalue weighted by Crippen LogP contribution is 2.34. The molecule has 0 aromatic heterocycles. The summed E-state index contributed by atoms with van der Waals surface area (Å²) in [6.07, 6.45) is 2.25. The lowest BCUT2D eigenvalue weighted by molar-refractivity contribution is -0.384. The van der Waals surface area contributed by atoms with Crippen molar-refractivity contribution in [3.05, 3.63) is 33.9 Å². The molecule has 5 heteroatoms. The van der Waals surface area contributed by atoms with Gasteiger partial charge in [-0.1, -0.05) is 13.8 Å². The van der Waals surface area contributed by atoms with Gasteiger partial charge in [-0.15, -0.1) is 0 Å². The molecule has 1 aromatic rings. The summed E-state index contributed by atoms with van der Waals surface area (Å²) in [6, 6.07) is 6.75. The molecule has 1 aliphatic rings. The Bertz CT molecular complexity index is 536. The number of nitro groups is 1. The summed E-state index contributed by atoms with van der Waals surface area (Å²) in [5.41, 5.74) is 0.981. The van der Waals surface area contributed by atoms with E-state index in [1.165, 1.54) is 18.6 Å². The number of rotatable bonds is 3. The molecular formula is C14H17N3O2. The van der Waals surface area contributed by atoms with E-state index in [2.05, 4.69) is 19.2 Å². The fourth-order valence-corrected chi connectivity index (χ4v) is 2.63. The lowest BCUT2D eigenvalue weighted by atomic mass is 9.97. The molecule has 1 saturated carbocycles. The number of nitrogens with zero attached hydrogens (tertiary/aromatic N) is 2. The van der Waals surface area contributed by atoms with Gasteiger partial charge in [0.1, 0.15) is 6.07 Å². The molecule has 19 heavy (non-hydrogen) atoms. The first-order chi connectivity index (χ1) is 9.02. The molecule has 0 saturated heterocycles. The molecule has 5 nitrogen and oxygen atoms in total. The molecule has 1 aliphatic carbocycles. The molecule has 0 amide bonds. The van der Waals surface area contributed by atoms with Crippen LogP contribution in [0.3, 0.4) is 0 Å². The van der Waals surface area contributed by atoms with Crippen molar-refractivity contribution in [2.45, 2.75) is 32.7 Å². The van der Waals surface area contributed by atoms with Crippen LogP contribution < -0.4 is 5.32 Å². The van der Waals surface area contributed by atoms with Crippen molar-refractivity contribution < 1.29 is 4.92 Å². The third-order valence-electron chi connectivity index (χ3n) is 4.14. The van der Waals surface area contributed by atoms with Crippen LogP contribution in [0, 0.1) is 33.3 Å². The zero-order valence-electron chi connectivity index (χ0n) is 11.1. The number of nitriles is 1. The SMILES string of the molecule is CC1CCC(Nc2ccc([N+](=O)[O-])cc2C#N)C1C. The van der Waals surface area contributed by atoms with Crippen molar-refractivity contribution in [2.75, 3.05) is 5.32 Å². The summed E-state index contributed by atoms with van der Waals surface area (Å²) < 4.78 is 0. The summed E-state index contributed by atoms with van der Waals surface area (Å²) in [7, 11) is 0. The van der Waals surface area contributed by atoms with Gasteiger partial charge < -0.3 is 5.32 Å². The Labute approximate surface area is 112 Å². The van der Waals surface area contributed by atoms with Crippen molar-refractivity contribution in [3.63, 3.8) is 0 Å². The second kappa shape index (κ2) is 5.27. The summed E-state index contributed by atoms with van der Waals surface area (Å²) in [5.74, 6) is 1.21. The highest BCUT2D eigenvalue weighted by atomic mass is 16.6. The van der Waals surface area contributed by atoms with E-state index in [9.17, 15) is 10.1 Å². The fraction of sp³-hybridized carbons (Fsp3) is 0.500. The Kier molecular flexibility index (Phi) is 3.70. The Morgan fingerprint density at radius 2 is 2.16 bits per heavy atom. The van der Waals surface area contributed by atoms with E-state index in [-0.39, 0.29) is 5.69 Å². The number of hydrogen-bond acceptors (Lipinski definition) is 4. The maximum absolute atomic E-state index is 10.7. The van der Waals surface area contributed by atoms with E-state index in [1.54, 1.807) is 6.07 Å². The van der Waals surface area contributed by atoms with Crippen LogP contribution in [0.5, 0.6) is 0 Å². The number of non-ortho nitro benzene ring substituents is 1. The predicted molar refractivity (Wildman–Crippen MR) is 72.8 cm³/mol. The number of anilines is 1. The summed E-state index contributed by atoms with van der Waals surface area (Å²) in [6.45, 7) is 4.43. The molecule has 0 aliphatic heterocycles. The van der Waals surface area contributed by atoms with Crippen molar-refractivity contribution in [2.24, 2.45) is 11.8 Å². The van der Waals surface area contributed by atoms with Crippen LogP contribution in [0.15, 0.2) is 18.2 Å². The van der Waals surface area contributed by atoms with Crippen molar-refractivity contribution in [1.29, 1.82) is 5.26 Å². The topological polar surface area (TPSA) is 79.0 Å². The molecule has 3 unspecified atom stereocenters. The zero-order chi connectivity index (χ0) is 14.0. The minimum Gasteiger partial charge on any atom is -0.381 e. The highest BCUT2D eigenvalue weighted by Gasteiger charge is 2.30. The normalized spacial score (nSPS) is 25.8. The van der Waals surface area contributed by atoms with Crippen molar-refractivity contribution >= 4 is 11.4 Å². The highest BCUT2D eigenvalue weighted by molar-refractivity contribution is 5.61. The minimum absolute atomic E-state index is 0.0464. The Hall–Kier alpha value is -2.09. The zero-order valence-corrected chi connectivity index (χ0v) is 11.1. The maximum atomic E-state index is 10.7. The second-order valence-corrected chi connectivity index (χ2v) is 5.26. The summed E-state index contributed by atoms with van der Waals surface area (Å²) >= 11 is 0. The third-order valence-corrected chi connectivity index (χ3v) is 4.14. The lowest BCUT2D eigenvalue weighted by Gasteiger charge is -2.21. The minimum atomic E-state index is -0.481. The van der Waals surface area contributed by atoms with Crippen LogP contribution in [0.4, 0.5) is 11.4 Å². The van der Waals surface area contributed by atoms with Gasteiger partial charge in [0.05, 0.1) is 16.2 Å². The van der Waals surface area contributed by atoms with Gasteiger partial charge in [0.2, 0.25) is 0 Å². The Morgan fingerprint density at radius 3 is 2.68 bits per heavy atom. The van der Waals surface area contributed by atoms with Crippen LogP contribution in [-0.2, 0) is 0 Å². The average molecular weight is 259 g/mol. The molecule has 0 spiro atoms. The largest absolute Gasteiger partial charge is 0.381 e. The molecule has 3 atom stereocenters. The molecule has 1 N–H and O–H groups in total. The maximum Gasteiger partial charge on any atom is 0.270 e. The van der Waals surface area contributed by atoms with E-state index in [1.807, 2.05) is 6.07 Å². The Balaban J connectivity index is 2.21. The molecule has 100 valence electrons. The van der Waals surface area contributed by atoms with Crippen LogP contribution in [0.2, 0.25) is 0 Å². The first-order valence-corrected chi connectivity index (χ1v) is 6.48. The fourth-order valence-electron chi connectivity index (χ4n) is 2.63. The lowest BCUT2D eigenvalue weighted by Crippen LogP contribution is -2.24. The first-order valence-electron chi connectivity index (χ1n) is 6.48. The van der Waals surface area contributed by atoms with Gasteiger partial charge in [0.15, 0.2) is 0 Å². The van der Waals surface area contributed by atoms with Crippen LogP contribution in [-0.4, -0.2) is 11.0 Å². The number of hydrogen-bond donors (Lipinski definition) is 1. The van der Waals surface area contributed by atoms with Gasteiger partial charge in [0, 0.05) is 18.2 Å². The predicted octanol–water partition coefficient (Wildman–Crippen LogP) is 3.31. The Morgan fingerprint density at radius 1 is 1.42 bits per heavy atom. The first kappa shape index (κ1) is 13.3. The molecular weight excluding hydrogens is 242 g/mol. The van der Waals surface area contributed by atoms with Gasteiger partial charge in [-0.05, 0) is 30.7 Å². The van der Waals surface area contributed by atoms with Crippen molar-refractivity contribution in [1.82, 2.24) is 0 Å². The van der Waals surface area contributed by atoms with Gasteiger partial charge in [0.25, 0.3) is 5.69 Å². The van der Waals surface area contributed by atoms with Gasteiger partial charge in [-0.25, -0.2) is 0 Å². The van der Waals surface area contributed by atoms with Crippen molar-refractivity contribution in [3.8, 4) is 6.07 Å². The number of benzene rings is 1. The molecule has 1 aromatic carbocycles. The third kappa shape index (κ3) is 2.68. The van der Waals surface area contributed by atoms with E-state index < -0.39 is 4.92 Å². The molecule has 2 rings (SSSR count). The van der Waals surface area contributed by atoms with Gasteiger partial charge in [-0.3, -0.25) is 10.1 Å². The molecule has 0 bridgehead atoms. The van der Waals surface area contributed by atoms with E-state index >= 15 is 0 Å². The van der Waals surface area contributed by atoms with Crippen LogP contribution >= 0.6 is 0 Å². The summed E-state index contributed by atoms with van der Waals surface area (Å²) in [4.78, 5) is 10.2.